The number of fused-ring (bicyclic) bond motifs is 2. The smallest absolute Gasteiger partial charge is 0.231 e. The minimum absolute atomic E-state index is 0. The van der Waals surface area contributed by atoms with E-state index in [2.05, 4.69) is 27.6 Å². The van der Waals surface area contributed by atoms with Crippen LogP contribution >= 0.6 is 35.5 Å². The lowest BCUT2D eigenvalue weighted by Crippen LogP contribution is -2.42. The van der Waals surface area contributed by atoms with Crippen molar-refractivity contribution in [2.24, 2.45) is 23.5 Å². The maximum atomic E-state index is 12.5. The minimum Gasteiger partial charge on any atom is -0.327 e. The number of anilines is 1. The number of nitrogens with one attached hydrogen (secondary N) is 1. The van der Waals surface area contributed by atoms with Gasteiger partial charge < -0.3 is 11.1 Å². The summed E-state index contributed by atoms with van der Waals surface area (Å²) in [6.07, 6.45) is 3.41. The van der Waals surface area contributed by atoms with Crippen LogP contribution in [-0.2, 0) is 10.5 Å². The zero-order valence-electron chi connectivity index (χ0n) is 13.6. The van der Waals surface area contributed by atoms with Gasteiger partial charge in [-0.2, -0.15) is 0 Å². The lowest BCUT2D eigenvalue weighted by Gasteiger charge is -2.26. The van der Waals surface area contributed by atoms with E-state index >= 15 is 0 Å². The SMILES string of the molecule is Cl.NC1C2CCC(C2)C1C(=O)Nc1nnc(SCc2ccccc2)s1. The van der Waals surface area contributed by atoms with Gasteiger partial charge >= 0.3 is 0 Å². The third-order valence-electron chi connectivity index (χ3n) is 5.13. The molecule has 0 saturated heterocycles. The Hall–Kier alpha value is -1.15. The van der Waals surface area contributed by atoms with Crippen LogP contribution in [0.25, 0.3) is 0 Å². The van der Waals surface area contributed by atoms with Crippen molar-refractivity contribution in [2.75, 3.05) is 5.32 Å². The topological polar surface area (TPSA) is 80.9 Å². The van der Waals surface area contributed by atoms with Crippen LogP contribution in [0.2, 0.25) is 0 Å². The van der Waals surface area contributed by atoms with Crippen molar-refractivity contribution >= 4 is 46.5 Å². The van der Waals surface area contributed by atoms with Gasteiger partial charge in [0.1, 0.15) is 0 Å². The van der Waals surface area contributed by atoms with E-state index in [4.69, 9.17) is 5.73 Å². The Kier molecular flexibility index (Phi) is 5.99. The van der Waals surface area contributed by atoms with E-state index in [1.165, 1.54) is 23.3 Å². The molecule has 2 bridgehead atoms. The van der Waals surface area contributed by atoms with Gasteiger partial charge in [-0.3, -0.25) is 4.79 Å². The molecule has 2 saturated carbocycles. The van der Waals surface area contributed by atoms with E-state index in [0.29, 0.717) is 17.0 Å². The molecule has 1 aromatic carbocycles. The number of rotatable bonds is 5. The lowest BCUT2D eigenvalue weighted by molar-refractivity contribution is -0.121. The molecule has 25 heavy (non-hydrogen) atoms. The second kappa shape index (κ2) is 8.03. The number of thioether (sulfide) groups is 1. The molecule has 2 fully saturated rings. The lowest BCUT2D eigenvalue weighted by atomic mass is 9.84. The summed E-state index contributed by atoms with van der Waals surface area (Å²) < 4.78 is 0.867. The molecule has 2 aromatic rings. The number of carbonyl (C=O) groups is 1. The molecule has 3 N–H and O–H groups in total. The van der Waals surface area contributed by atoms with Crippen LogP contribution in [0, 0.1) is 17.8 Å². The molecule has 4 rings (SSSR count). The molecule has 134 valence electrons. The standard InChI is InChI=1S/C17H20N4OS2.ClH/c18-14-12-7-6-11(8-12)13(14)15(22)19-16-20-21-17(24-16)23-9-10-4-2-1-3-5-10;/h1-5,11-14H,6-9,18H2,(H,19,20,22);1H. The van der Waals surface area contributed by atoms with Crippen molar-refractivity contribution in [1.82, 2.24) is 10.2 Å². The normalized spacial score (nSPS) is 27.1. The van der Waals surface area contributed by atoms with Crippen molar-refractivity contribution < 1.29 is 4.79 Å². The number of halogens is 1. The highest BCUT2D eigenvalue weighted by molar-refractivity contribution is 8.00. The fraction of sp³-hybridized carbons (Fsp3) is 0.471. The van der Waals surface area contributed by atoms with Crippen LogP contribution in [-0.4, -0.2) is 22.1 Å². The first-order valence-electron chi connectivity index (χ1n) is 8.27. The number of carbonyl (C=O) groups excluding carboxylic acids is 1. The molecular formula is C17H21ClN4OS2. The molecule has 1 amide bonds. The van der Waals surface area contributed by atoms with Gasteiger partial charge in [0, 0.05) is 11.8 Å². The quantitative estimate of drug-likeness (QED) is 0.596. The third kappa shape index (κ3) is 4.00. The number of amides is 1. The van der Waals surface area contributed by atoms with Gasteiger partial charge in [0.15, 0.2) is 4.34 Å². The predicted molar refractivity (Wildman–Crippen MR) is 104 cm³/mol. The van der Waals surface area contributed by atoms with Gasteiger partial charge in [-0.05, 0) is 36.7 Å². The number of aromatic nitrogens is 2. The summed E-state index contributed by atoms with van der Waals surface area (Å²) in [6, 6.07) is 10.2. The van der Waals surface area contributed by atoms with E-state index in [1.54, 1.807) is 11.8 Å². The highest BCUT2D eigenvalue weighted by Crippen LogP contribution is 2.48. The molecule has 0 radical (unpaired) electrons. The van der Waals surface area contributed by atoms with Gasteiger partial charge in [-0.15, -0.1) is 22.6 Å². The third-order valence-corrected chi connectivity index (χ3v) is 7.17. The Morgan fingerprint density at radius 1 is 1.24 bits per heavy atom. The summed E-state index contributed by atoms with van der Waals surface area (Å²) >= 11 is 3.06. The molecule has 0 spiro atoms. The Labute approximate surface area is 161 Å². The fourth-order valence-corrected chi connectivity index (χ4v) is 5.66. The molecule has 1 aromatic heterocycles. The van der Waals surface area contributed by atoms with E-state index in [0.717, 1.165) is 22.9 Å². The molecule has 0 aliphatic heterocycles. The van der Waals surface area contributed by atoms with Crippen LogP contribution in [0.5, 0.6) is 0 Å². The Morgan fingerprint density at radius 3 is 2.72 bits per heavy atom. The highest BCUT2D eigenvalue weighted by Gasteiger charge is 2.49. The molecule has 1 heterocycles. The molecule has 2 aliphatic rings. The van der Waals surface area contributed by atoms with Crippen molar-refractivity contribution in [3.63, 3.8) is 0 Å². The largest absolute Gasteiger partial charge is 0.327 e. The van der Waals surface area contributed by atoms with Crippen molar-refractivity contribution in [3.05, 3.63) is 35.9 Å². The summed E-state index contributed by atoms with van der Waals surface area (Å²) in [7, 11) is 0. The minimum atomic E-state index is -0.0620. The van der Waals surface area contributed by atoms with Crippen LogP contribution in [0.1, 0.15) is 24.8 Å². The average Bonchev–Trinajstić information content (AvgIpc) is 3.30. The zero-order valence-corrected chi connectivity index (χ0v) is 16.1. The predicted octanol–water partition coefficient (Wildman–Crippen LogP) is 3.56. The summed E-state index contributed by atoms with van der Waals surface area (Å²) in [4.78, 5) is 12.5. The van der Waals surface area contributed by atoms with E-state index in [9.17, 15) is 4.79 Å². The average molecular weight is 397 g/mol. The van der Waals surface area contributed by atoms with Gasteiger partial charge in [0.2, 0.25) is 11.0 Å². The van der Waals surface area contributed by atoms with Crippen molar-refractivity contribution in [3.8, 4) is 0 Å². The monoisotopic (exact) mass is 396 g/mol. The summed E-state index contributed by atoms with van der Waals surface area (Å²) in [5, 5.41) is 11.8. The number of benzene rings is 1. The highest BCUT2D eigenvalue weighted by atomic mass is 35.5. The molecule has 4 unspecified atom stereocenters. The molecule has 8 heteroatoms. The molecule has 5 nitrogen and oxygen atoms in total. The molecular weight excluding hydrogens is 376 g/mol. The number of nitrogens with zero attached hydrogens (tertiary/aromatic N) is 2. The second-order valence-electron chi connectivity index (χ2n) is 6.57. The first-order valence-corrected chi connectivity index (χ1v) is 10.1. The maximum Gasteiger partial charge on any atom is 0.231 e. The maximum absolute atomic E-state index is 12.5. The van der Waals surface area contributed by atoms with Crippen LogP contribution < -0.4 is 11.1 Å². The first-order chi connectivity index (χ1) is 11.7. The summed E-state index contributed by atoms with van der Waals surface area (Å²) in [5.74, 6) is 1.78. The number of hydrogen-bond donors (Lipinski definition) is 2. The van der Waals surface area contributed by atoms with Gasteiger partial charge in [0.25, 0.3) is 0 Å². The van der Waals surface area contributed by atoms with Crippen LogP contribution in [0.15, 0.2) is 34.7 Å². The van der Waals surface area contributed by atoms with E-state index in [1.807, 2.05) is 18.2 Å². The zero-order chi connectivity index (χ0) is 16.5. The summed E-state index contributed by atoms with van der Waals surface area (Å²) in [5.41, 5.74) is 7.48. The van der Waals surface area contributed by atoms with E-state index in [-0.39, 0.29) is 30.3 Å². The Balaban J connectivity index is 0.00000182. The van der Waals surface area contributed by atoms with Crippen LogP contribution in [0.4, 0.5) is 5.13 Å². The molecule has 2 aliphatic carbocycles. The fourth-order valence-electron chi connectivity index (χ4n) is 3.95. The van der Waals surface area contributed by atoms with Crippen molar-refractivity contribution in [2.45, 2.75) is 35.4 Å². The first kappa shape index (κ1) is 18.6. The second-order valence-corrected chi connectivity index (χ2v) is 8.77. The van der Waals surface area contributed by atoms with Gasteiger partial charge in [-0.1, -0.05) is 53.4 Å². The van der Waals surface area contributed by atoms with E-state index < -0.39 is 0 Å². The van der Waals surface area contributed by atoms with Gasteiger partial charge in [-0.25, -0.2) is 0 Å². The summed E-state index contributed by atoms with van der Waals surface area (Å²) in [6.45, 7) is 0. The number of hydrogen-bond acceptors (Lipinski definition) is 6. The van der Waals surface area contributed by atoms with Crippen LogP contribution in [0.3, 0.4) is 0 Å². The van der Waals surface area contributed by atoms with Gasteiger partial charge in [0.05, 0.1) is 5.92 Å². The van der Waals surface area contributed by atoms with Crippen molar-refractivity contribution in [1.29, 1.82) is 0 Å². The number of nitrogens with two attached hydrogens (primary N) is 1. The Bertz CT molecular complexity index is 724. The Morgan fingerprint density at radius 2 is 2.00 bits per heavy atom. The molecule has 4 atom stereocenters.